The fourth-order valence-corrected chi connectivity index (χ4v) is 1.60. The Morgan fingerprint density at radius 1 is 1.38 bits per heavy atom. The second-order valence-electron chi connectivity index (χ2n) is 5.60. The molecule has 2 N–H and O–H groups in total. The molecule has 9 heteroatoms. The standard InChI is InChI=1S/C12H16F3N3O3/c1-11(2,3)9(10(20)21)16-8(19)6-18-5-4-7(17-18)12(13,14)15/h4-5,9H,6H2,1-3H3,(H,16,19)(H,20,21)/t9-/m0/s1. The predicted octanol–water partition coefficient (Wildman–Crippen LogP) is 1.52. The van der Waals surface area contributed by atoms with E-state index in [0.717, 1.165) is 16.9 Å². The topological polar surface area (TPSA) is 84.2 Å². The highest BCUT2D eigenvalue weighted by Crippen LogP contribution is 2.27. The molecule has 118 valence electrons. The molecule has 1 aromatic heterocycles. The summed E-state index contributed by atoms with van der Waals surface area (Å²) in [5, 5.41) is 14.5. The number of carbonyl (C=O) groups excluding carboxylic acids is 1. The zero-order chi connectivity index (χ0) is 16.4. The third-order valence-corrected chi connectivity index (χ3v) is 2.66. The van der Waals surface area contributed by atoms with Crippen molar-refractivity contribution >= 4 is 11.9 Å². The van der Waals surface area contributed by atoms with Crippen LogP contribution in [0.25, 0.3) is 0 Å². The van der Waals surface area contributed by atoms with E-state index in [2.05, 4.69) is 10.4 Å². The van der Waals surface area contributed by atoms with Gasteiger partial charge in [0.05, 0.1) is 0 Å². The number of carboxylic acids is 1. The van der Waals surface area contributed by atoms with Crippen molar-refractivity contribution in [1.82, 2.24) is 15.1 Å². The van der Waals surface area contributed by atoms with E-state index in [0.29, 0.717) is 0 Å². The lowest BCUT2D eigenvalue weighted by atomic mass is 9.87. The maximum Gasteiger partial charge on any atom is 0.435 e. The van der Waals surface area contributed by atoms with Gasteiger partial charge in [0, 0.05) is 6.20 Å². The van der Waals surface area contributed by atoms with E-state index in [1.54, 1.807) is 20.8 Å². The molecule has 0 saturated carbocycles. The summed E-state index contributed by atoms with van der Waals surface area (Å²) in [6.45, 7) is 4.39. The van der Waals surface area contributed by atoms with Crippen LogP contribution in [0.1, 0.15) is 26.5 Å². The van der Waals surface area contributed by atoms with Gasteiger partial charge in [0.1, 0.15) is 12.6 Å². The van der Waals surface area contributed by atoms with Gasteiger partial charge >= 0.3 is 12.1 Å². The van der Waals surface area contributed by atoms with Crippen LogP contribution in [-0.2, 0) is 22.3 Å². The molecule has 1 amide bonds. The van der Waals surface area contributed by atoms with Crippen LogP contribution in [-0.4, -0.2) is 32.8 Å². The molecule has 1 rings (SSSR count). The van der Waals surface area contributed by atoms with Crippen molar-refractivity contribution in [3.63, 3.8) is 0 Å². The summed E-state index contributed by atoms with van der Waals surface area (Å²) in [4.78, 5) is 22.8. The Morgan fingerprint density at radius 3 is 2.33 bits per heavy atom. The van der Waals surface area contributed by atoms with Crippen molar-refractivity contribution < 1.29 is 27.9 Å². The Labute approximate surface area is 118 Å². The number of carbonyl (C=O) groups is 2. The first-order valence-electron chi connectivity index (χ1n) is 6.04. The van der Waals surface area contributed by atoms with Gasteiger partial charge in [0.15, 0.2) is 5.69 Å². The third-order valence-electron chi connectivity index (χ3n) is 2.66. The zero-order valence-electron chi connectivity index (χ0n) is 11.7. The SMILES string of the molecule is CC(C)(C)[C@@H](NC(=O)Cn1ccc(C(F)(F)F)n1)C(=O)O. The largest absolute Gasteiger partial charge is 0.480 e. The summed E-state index contributed by atoms with van der Waals surface area (Å²) in [7, 11) is 0. The van der Waals surface area contributed by atoms with Gasteiger partial charge in [-0.2, -0.15) is 18.3 Å². The van der Waals surface area contributed by atoms with Crippen molar-refractivity contribution in [3.8, 4) is 0 Å². The first kappa shape index (κ1) is 17.0. The Kier molecular flexibility index (Phi) is 4.65. The van der Waals surface area contributed by atoms with E-state index in [1.807, 2.05) is 0 Å². The molecule has 0 aliphatic rings. The number of alkyl halides is 3. The van der Waals surface area contributed by atoms with E-state index < -0.39 is 41.7 Å². The van der Waals surface area contributed by atoms with E-state index >= 15 is 0 Å². The molecule has 0 unspecified atom stereocenters. The lowest BCUT2D eigenvalue weighted by molar-refractivity contribution is -0.145. The average Bonchev–Trinajstić information content (AvgIpc) is 2.72. The monoisotopic (exact) mass is 307 g/mol. The van der Waals surface area contributed by atoms with E-state index in [4.69, 9.17) is 5.11 Å². The first-order chi connectivity index (χ1) is 9.41. The van der Waals surface area contributed by atoms with Gasteiger partial charge in [-0.15, -0.1) is 0 Å². The Bertz CT molecular complexity index is 532. The van der Waals surface area contributed by atoms with Gasteiger partial charge in [-0.05, 0) is 11.5 Å². The number of halogens is 3. The molecule has 0 aliphatic carbocycles. The molecule has 0 bridgehead atoms. The summed E-state index contributed by atoms with van der Waals surface area (Å²) in [5.74, 6) is -1.94. The fourth-order valence-electron chi connectivity index (χ4n) is 1.60. The quantitative estimate of drug-likeness (QED) is 0.883. The number of carboxylic acid groups (broad SMARTS) is 1. The van der Waals surface area contributed by atoms with Crippen molar-refractivity contribution in [3.05, 3.63) is 18.0 Å². The molecule has 0 radical (unpaired) electrons. The van der Waals surface area contributed by atoms with Crippen LogP contribution < -0.4 is 5.32 Å². The smallest absolute Gasteiger partial charge is 0.435 e. The maximum atomic E-state index is 12.4. The molecule has 0 fully saturated rings. The number of hydrogen-bond donors (Lipinski definition) is 2. The molecule has 0 aliphatic heterocycles. The highest BCUT2D eigenvalue weighted by molar-refractivity contribution is 5.83. The van der Waals surface area contributed by atoms with Gasteiger partial charge in [0.25, 0.3) is 0 Å². The number of amides is 1. The van der Waals surface area contributed by atoms with E-state index in [-0.39, 0.29) is 0 Å². The molecular formula is C12H16F3N3O3. The summed E-state index contributed by atoms with van der Waals surface area (Å²) in [6.07, 6.45) is -3.58. The minimum absolute atomic E-state index is 0.490. The van der Waals surface area contributed by atoms with Crippen LogP contribution in [0, 0.1) is 5.41 Å². The van der Waals surface area contributed by atoms with Crippen LogP contribution >= 0.6 is 0 Å². The molecule has 0 saturated heterocycles. The fraction of sp³-hybridized carbons (Fsp3) is 0.583. The van der Waals surface area contributed by atoms with Crippen molar-refractivity contribution in [2.75, 3.05) is 0 Å². The predicted molar refractivity (Wildman–Crippen MR) is 66.3 cm³/mol. The summed E-state index contributed by atoms with van der Waals surface area (Å²) < 4.78 is 37.9. The molecule has 1 atom stereocenters. The molecule has 0 spiro atoms. The molecule has 1 heterocycles. The van der Waals surface area contributed by atoms with Crippen LogP contribution in [0.15, 0.2) is 12.3 Å². The molecule has 0 aromatic carbocycles. The molecule has 21 heavy (non-hydrogen) atoms. The van der Waals surface area contributed by atoms with Crippen molar-refractivity contribution in [1.29, 1.82) is 0 Å². The zero-order valence-corrected chi connectivity index (χ0v) is 11.7. The van der Waals surface area contributed by atoms with Crippen LogP contribution in [0.4, 0.5) is 13.2 Å². The minimum Gasteiger partial charge on any atom is -0.480 e. The Balaban J connectivity index is 2.73. The second-order valence-corrected chi connectivity index (χ2v) is 5.60. The van der Waals surface area contributed by atoms with Crippen molar-refractivity contribution in [2.45, 2.75) is 39.5 Å². The number of aromatic nitrogens is 2. The normalized spacial score (nSPS) is 13.8. The highest BCUT2D eigenvalue weighted by atomic mass is 19.4. The third kappa shape index (κ3) is 4.76. The van der Waals surface area contributed by atoms with Crippen molar-refractivity contribution in [2.24, 2.45) is 5.41 Å². The first-order valence-corrected chi connectivity index (χ1v) is 6.04. The van der Waals surface area contributed by atoms with E-state index in [1.165, 1.54) is 0 Å². The van der Waals surface area contributed by atoms with Crippen LogP contribution in [0.2, 0.25) is 0 Å². The van der Waals surface area contributed by atoms with Crippen LogP contribution in [0.3, 0.4) is 0 Å². The number of aliphatic carboxylic acids is 1. The van der Waals surface area contributed by atoms with Crippen LogP contribution in [0.5, 0.6) is 0 Å². The van der Waals surface area contributed by atoms with E-state index in [9.17, 15) is 22.8 Å². The second kappa shape index (κ2) is 5.74. The van der Waals surface area contributed by atoms with Gasteiger partial charge in [0.2, 0.25) is 5.91 Å². The summed E-state index contributed by atoms with van der Waals surface area (Å²) in [6, 6.07) is -0.409. The molecule has 6 nitrogen and oxygen atoms in total. The Morgan fingerprint density at radius 2 is 1.95 bits per heavy atom. The Hall–Kier alpha value is -2.06. The maximum absolute atomic E-state index is 12.4. The highest BCUT2D eigenvalue weighted by Gasteiger charge is 2.34. The molecule has 1 aromatic rings. The number of nitrogens with zero attached hydrogens (tertiary/aromatic N) is 2. The van der Waals surface area contributed by atoms with Gasteiger partial charge in [-0.25, -0.2) is 4.79 Å². The van der Waals surface area contributed by atoms with Gasteiger partial charge in [-0.3, -0.25) is 9.48 Å². The molecular weight excluding hydrogens is 291 g/mol. The number of hydrogen-bond acceptors (Lipinski definition) is 3. The average molecular weight is 307 g/mol. The number of rotatable bonds is 4. The lowest BCUT2D eigenvalue weighted by Gasteiger charge is -2.27. The van der Waals surface area contributed by atoms with Gasteiger partial charge < -0.3 is 10.4 Å². The minimum atomic E-state index is -4.59. The lowest BCUT2D eigenvalue weighted by Crippen LogP contribution is -2.50. The summed E-state index contributed by atoms with van der Waals surface area (Å²) >= 11 is 0. The summed E-state index contributed by atoms with van der Waals surface area (Å²) in [5.41, 5.74) is -1.84. The number of nitrogens with one attached hydrogen (secondary N) is 1. The van der Waals surface area contributed by atoms with Gasteiger partial charge in [-0.1, -0.05) is 20.8 Å².